The number of anilines is 1. The molecule has 0 unspecified atom stereocenters. The van der Waals surface area contributed by atoms with E-state index in [2.05, 4.69) is 34.1 Å². The van der Waals surface area contributed by atoms with Crippen molar-refractivity contribution in [3.8, 4) is 0 Å². The van der Waals surface area contributed by atoms with Gasteiger partial charge >= 0.3 is 0 Å². The van der Waals surface area contributed by atoms with Crippen molar-refractivity contribution in [1.82, 2.24) is 15.0 Å². The number of pyridine rings is 1. The number of nitrogens with zero attached hydrogens (tertiary/aromatic N) is 3. The molecule has 0 amide bonds. The van der Waals surface area contributed by atoms with Gasteiger partial charge in [0.2, 0.25) is 0 Å². The number of aryl methyl sites for hydroxylation is 3. The van der Waals surface area contributed by atoms with Gasteiger partial charge in [-0.15, -0.1) is 11.3 Å². The van der Waals surface area contributed by atoms with Gasteiger partial charge < -0.3 is 5.32 Å². The highest BCUT2D eigenvalue weighted by Crippen LogP contribution is 2.33. The first-order chi connectivity index (χ1) is 9.65. The van der Waals surface area contributed by atoms with Crippen molar-refractivity contribution in [2.24, 2.45) is 0 Å². The second kappa shape index (κ2) is 5.17. The molecule has 3 rings (SSSR count). The summed E-state index contributed by atoms with van der Waals surface area (Å²) in [6.45, 7) is 6.93. The molecule has 0 saturated carbocycles. The molecule has 3 heterocycles. The summed E-state index contributed by atoms with van der Waals surface area (Å²) >= 11 is 1.73. The molecule has 0 fully saturated rings. The van der Waals surface area contributed by atoms with E-state index in [0.717, 1.165) is 28.4 Å². The first-order valence-electron chi connectivity index (χ1n) is 6.52. The molecule has 0 saturated heterocycles. The molecule has 20 heavy (non-hydrogen) atoms. The lowest BCUT2D eigenvalue weighted by atomic mass is 10.2. The fraction of sp³-hybridized carbons (Fsp3) is 0.267. The summed E-state index contributed by atoms with van der Waals surface area (Å²) < 4.78 is 0. The summed E-state index contributed by atoms with van der Waals surface area (Å²) in [7, 11) is 0. The van der Waals surface area contributed by atoms with E-state index in [9.17, 15) is 0 Å². The zero-order valence-electron chi connectivity index (χ0n) is 11.8. The van der Waals surface area contributed by atoms with Crippen LogP contribution in [0.2, 0.25) is 0 Å². The van der Waals surface area contributed by atoms with Crippen LogP contribution in [0.1, 0.15) is 21.8 Å². The average molecular weight is 284 g/mol. The molecule has 0 atom stereocenters. The van der Waals surface area contributed by atoms with Gasteiger partial charge in [-0.25, -0.2) is 9.97 Å². The maximum Gasteiger partial charge on any atom is 0.139 e. The molecule has 3 aromatic heterocycles. The Bertz CT molecular complexity index is 749. The lowest BCUT2D eigenvalue weighted by Gasteiger charge is -2.08. The van der Waals surface area contributed by atoms with E-state index >= 15 is 0 Å². The van der Waals surface area contributed by atoms with Crippen molar-refractivity contribution in [2.75, 3.05) is 5.32 Å². The van der Waals surface area contributed by atoms with E-state index in [1.807, 2.05) is 19.1 Å². The highest BCUT2D eigenvalue weighted by Gasteiger charge is 2.13. The van der Waals surface area contributed by atoms with Gasteiger partial charge in [-0.3, -0.25) is 4.98 Å². The fourth-order valence-corrected chi connectivity index (χ4v) is 3.25. The molecular formula is C15H16N4S. The Labute approximate surface area is 121 Å². The van der Waals surface area contributed by atoms with E-state index in [-0.39, 0.29) is 0 Å². The normalized spacial score (nSPS) is 10.9. The van der Waals surface area contributed by atoms with Gasteiger partial charge in [-0.2, -0.15) is 0 Å². The minimum atomic E-state index is 0.738. The second-order valence-electron chi connectivity index (χ2n) is 4.79. The Kier molecular flexibility index (Phi) is 3.36. The third-order valence-electron chi connectivity index (χ3n) is 3.35. The van der Waals surface area contributed by atoms with Crippen molar-refractivity contribution in [1.29, 1.82) is 0 Å². The van der Waals surface area contributed by atoms with Crippen molar-refractivity contribution in [3.63, 3.8) is 0 Å². The van der Waals surface area contributed by atoms with Crippen LogP contribution in [-0.4, -0.2) is 15.0 Å². The Balaban J connectivity index is 1.98. The van der Waals surface area contributed by atoms with Gasteiger partial charge in [0.15, 0.2) is 0 Å². The zero-order valence-corrected chi connectivity index (χ0v) is 12.6. The standard InChI is InChI=1S/C15H16N4S/c1-9-10(2)20-15-13(9)14(18-11(3)19-15)17-8-12-4-6-16-7-5-12/h4-7H,8H2,1-3H3,(H,17,18,19). The SMILES string of the molecule is Cc1nc(NCc2ccncc2)c2c(C)c(C)sc2n1. The molecule has 0 radical (unpaired) electrons. The molecule has 0 aliphatic heterocycles. The molecule has 0 aliphatic carbocycles. The minimum Gasteiger partial charge on any atom is -0.365 e. The van der Waals surface area contributed by atoms with Crippen molar-refractivity contribution >= 4 is 27.4 Å². The summed E-state index contributed by atoms with van der Waals surface area (Å²) in [5, 5.41) is 4.57. The summed E-state index contributed by atoms with van der Waals surface area (Å²) in [5.74, 6) is 1.72. The second-order valence-corrected chi connectivity index (χ2v) is 6.00. The van der Waals surface area contributed by atoms with Crippen LogP contribution in [0, 0.1) is 20.8 Å². The Hall–Kier alpha value is -2.01. The quantitative estimate of drug-likeness (QED) is 0.798. The van der Waals surface area contributed by atoms with Crippen LogP contribution in [0.15, 0.2) is 24.5 Å². The number of hydrogen-bond donors (Lipinski definition) is 1. The van der Waals surface area contributed by atoms with Crippen LogP contribution in [0.5, 0.6) is 0 Å². The number of nitrogens with one attached hydrogen (secondary N) is 1. The fourth-order valence-electron chi connectivity index (χ4n) is 2.17. The van der Waals surface area contributed by atoms with Gasteiger partial charge in [-0.1, -0.05) is 0 Å². The predicted molar refractivity (Wildman–Crippen MR) is 83.2 cm³/mol. The van der Waals surface area contributed by atoms with Crippen LogP contribution in [0.25, 0.3) is 10.2 Å². The van der Waals surface area contributed by atoms with Crippen molar-refractivity contribution < 1.29 is 0 Å². The zero-order chi connectivity index (χ0) is 14.1. The molecule has 5 heteroatoms. The van der Waals surface area contributed by atoms with Crippen LogP contribution >= 0.6 is 11.3 Å². The lowest BCUT2D eigenvalue weighted by Crippen LogP contribution is -2.04. The van der Waals surface area contributed by atoms with Crippen LogP contribution in [0.3, 0.4) is 0 Å². The predicted octanol–water partition coefficient (Wildman–Crippen LogP) is 3.62. The summed E-state index contributed by atoms with van der Waals surface area (Å²) in [6.07, 6.45) is 3.61. The van der Waals surface area contributed by atoms with Crippen LogP contribution in [0.4, 0.5) is 5.82 Å². The average Bonchev–Trinajstić information content (AvgIpc) is 2.72. The molecule has 1 N–H and O–H groups in total. The number of hydrogen-bond acceptors (Lipinski definition) is 5. The molecule has 3 aromatic rings. The maximum atomic E-state index is 4.56. The van der Waals surface area contributed by atoms with E-state index in [0.29, 0.717) is 0 Å². The van der Waals surface area contributed by atoms with Gasteiger partial charge in [0.25, 0.3) is 0 Å². The number of rotatable bonds is 3. The third kappa shape index (κ3) is 2.36. The third-order valence-corrected chi connectivity index (χ3v) is 4.45. The largest absolute Gasteiger partial charge is 0.365 e. The topological polar surface area (TPSA) is 50.7 Å². The number of aromatic nitrogens is 3. The highest BCUT2D eigenvalue weighted by molar-refractivity contribution is 7.18. The van der Waals surface area contributed by atoms with Gasteiger partial charge in [-0.05, 0) is 44.0 Å². The molecule has 0 aromatic carbocycles. The van der Waals surface area contributed by atoms with E-state index in [1.165, 1.54) is 16.0 Å². The summed E-state index contributed by atoms with van der Waals surface area (Å²) in [6, 6.07) is 4.01. The van der Waals surface area contributed by atoms with E-state index in [1.54, 1.807) is 23.7 Å². The Morgan fingerprint density at radius 2 is 1.85 bits per heavy atom. The summed E-state index contributed by atoms with van der Waals surface area (Å²) in [4.78, 5) is 15.5. The van der Waals surface area contributed by atoms with Crippen molar-refractivity contribution in [3.05, 3.63) is 46.4 Å². The van der Waals surface area contributed by atoms with E-state index in [4.69, 9.17) is 0 Å². The summed E-state index contributed by atoms with van der Waals surface area (Å²) in [5.41, 5.74) is 2.45. The smallest absolute Gasteiger partial charge is 0.139 e. The first-order valence-corrected chi connectivity index (χ1v) is 7.34. The van der Waals surface area contributed by atoms with Gasteiger partial charge in [0.1, 0.15) is 16.5 Å². The van der Waals surface area contributed by atoms with Gasteiger partial charge in [0.05, 0.1) is 5.39 Å². The highest BCUT2D eigenvalue weighted by atomic mass is 32.1. The van der Waals surface area contributed by atoms with Crippen LogP contribution < -0.4 is 5.32 Å². The van der Waals surface area contributed by atoms with Crippen molar-refractivity contribution in [2.45, 2.75) is 27.3 Å². The molecule has 0 bridgehead atoms. The Morgan fingerprint density at radius 1 is 1.10 bits per heavy atom. The molecule has 0 spiro atoms. The number of fused-ring (bicyclic) bond motifs is 1. The van der Waals surface area contributed by atoms with E-state index < -0.39 is 0 Å². The minimum absolute atomic E-state index is 0.738. The van der Waals surface area contributed by atoms with Crippen LogP contribution in [-0.2, 0) is 6.54 Å². The maximum absolute atomic E-state index is 4.56. The molecule has 0 aliphatic rings. The molecular weight excluding hydrogens is 268 g/mol. The monoisotopic (exact) mass is 284 g/mol. The molecule has 4 nitrogen and oxygen atoms in total. The Morgan fingerprint density at radius 3 is 2.60 bits per heavy atom. The molecule has 102 valence electrons. The first kappa shape index (κ1) is 13.0. The van der Waals surface area contributed by atoms with Gasteiger partial charge in [0, 0.05) is 23.8 Å². The number of thiophene rings is 1. The lowest BCUT2D eigenvalue weighted by molar-refractivity contribution is 1.05.